The Kier molecular flexibility index (Phi) is 5.63. The molecule has 2 heterocycles. The molecule has 0 bridgehead atoms. The number of ether oxygens (including phenoxy) is 2. The third kappa shape index (κ3) is 3.62. The van der Waals surface area contributed by atoms with Crippen LogP contribution in [0.15, 0.2) is 24.3 Å². The number of hydrogen-bond donors (Lipinski definition) is 1. The predicted octanol–water partition coefficient (Wildman–Crippen LogP) is 2.13. The van der Waals surface area contributed by atoms with Gasteiger partial charge in [0, 0.05) is 32.9 Å². The number of benzene rings is 1. The first kappa shape index (κ1) is 18.9. The molecular formula is C20H27NO5. The number of aliphatic carboxylic acids is 1. The Labute approximate surface area is 154 Å². The number of hydrogen-bond acceptors (Lipinski definition) is 4. The van der Waals surface area contributed by atoms with Crippen LogP contribution in [0.1, 0.15) is 36.8 Å². The summed E-state index contributed by atoms with van der Waals surface area (Å²) in [6.07, 6.45) is 1.63. The molecule has 142 valence electrons. The van der Waals surface area contributed by atoms with E-state index in [1.165, 1.54) is 0 Å². The molecule has 2 fully saturated rings. The van der Waals surface area contributed by atoms with Gasteiger partial charge in [0.25, 0.3) is 0 Å². The molecule has 6 heteroatoms. The van der Waals surface area contributed by atoms with Crippen molar-refractivity contribution in [2.24, 2.45) is 0 Å². The second-order valence-corrected chi connectivity index (χ2v) is 7.36. The van der Waals surface area contributed by atoms with Gasteiger partial charge in [-0.05, 0) is 31.7 Å². The van der Waals surface area contributed by atoms with Crippen LogP contribution in [0.5, 0.6) is 0 Å². The monoisotopic (exact) mass is 361 g/mol. The standard InChI is InChI=1S/C20H27NO5/c1-14-3-5-15(6-4-14)20(7-9-26-10-8-20)19(24)21-13-17(25-2)11-16(21)12-18(22)23/h3-6,16-17H,7-13H2,1-2H3,(H,22,23). The number of carboxylic acid groups (broad SMARTS) is 1. The van der Waals surface area contributed by atoms with Gasteiger partial charge in [0.1, 0.15) is 0 Å². The molecule has 2 atom stereocenters. The van der Waals surface area contributed by atoms with E-state index in [-0.39, 0.29) is 24.5 Å². The Morgan fingerprint density at radius 2 is 1.92 bits per heavy atom. The van der Waals surface area contributed by atoms with E-state index in [4.69, 9.17) is 9.47 Å². The summed E-state index contributed by atoms with van der Waals surface area (Å²) in [5.74, 6) is -0.878. The molecule has 1 N–H and O–H groups in total. The van der Waals surface area contributed by atoms with E-state index in [9.17, 15) is 14.7 Å². The zero-order chi connectivity index (χ0) is 18.7. The fourth-order valence-corrected chi connectivity index (χ4v) is 4.18. The minimum Gasteiger partial charge on any atom is -0.481 e. The van der Waals surface area contributed by atoms with Gasteiger partial charge in [-0.15, -0.1) is 0 Å². The number of carboxylic acids is 1. The lowest BCUT2D eigenvalue weighted by Gasteiger charge is -2.40. The van der Waals surface area contributed by atoms with Crippen LogP contribution in [0.25, 0.3) is 0 Å². The van der Waals surface area contributed by atoms with E-state index in [0.717, 1.165) is 11.1 Å². The number of amides is 1. The van der Waals surface area contributed by atoms with Crippen molar-refractivity contribution in [3.05, 3.63) is 35.4 Å². The first-order valence-corrected chi connectivity index (χ1v) is 9.17. The minimum absolute atomic E-state index is 0.00968. The summed E-state index contributed by atoms with van der Waals surface area (Å²) in [5.41, 5.74) is 1.49. The van der Waals surface area contributed by atoms with Crippen molar-refractivity contribution in [2.75, 3.05) is 26.9 Å². The summed E-state index contributed by atoms with van der Waals surface area (Å²) in [6.45, 7) is 3.53. The Morgan fingerprint density at radius 3 is 2.50 bits per heavy atom. The van der Waals surface area contributed by atoms with Gasteiger partial charge in [0.05, 0.1) is 17.9 Å². The van der Waals surface area contributed by atoms with Crippen LogP contribution in [-0.4, -0.2) is 60.9 Å². The molecule has 2 unspecified atom stereocenters. The number of aryl methyl sites for hydroxylation is 1. The maximum atomic E-state index is 13.7. The van der Waals surface area contributed by atoms with Crippen molar-refractivity contribution in [3.63, 3.8) is 0 Å². The second-order valence-electron chi connectivity index (χ2n) is 7.36. The van der Waals surface area contributed by atoms with E-state index in [1.807, 2.05) is 31.2 Å². The molecule has 1 aromatic carbocycles. The van der Waals surface area contributed by atoms with Gasteiger partial charge in [-0.3, -0.25) is 9.59 Å². The zero-order valence-corrected chi connectivity index (χ0v) is 15.4. The van der Waals surface area contributed by atoms with Gasteiger partial charge in [-0.2, -0.15) is 0 Å². The van der Waals surface area contributed by atoms with Gasteiger partial charge in [-0.25, -0.2) is 0 Å². The summed E-state index contributed by atoms with van der Waals surface area (Å²) < 4.78 is 11.0. The van der Waals surface area contributed by atoms with Crippen molar-refractivity contribution in [1.29, 1.82) is 0 Å². The van der Waals surface area contributed by atoms with Crippen LogP contribution < -0.4 is 0 Å². The van der Waals surface area contributed by atoms with Crippen LogP contribution in [-0.2, 0) is 24.5 Å². The number of carbonyl (C=O) groups excluding carboxylic acids is 1. The highest BCUT2D eigenvalue weighted by molar-refractivity contribution is 5.89. The predicted molar refractivity (Wildman–Crippen MR) is 96.1 cm³/mol. The van der Waals surface area contributed by atoms with E-state index >= 15 is 0 Å². The smallest absolute Gasteiger partial charge is 0.305 e. The van der Waals surface area contributed by atoms with Crippen LogP contribution in [0, 0.1) is 6.92 Å². The largest absolute Gasteiger partial charge is 0.481 e. The number of methoxy groups -OCH3 is 1. The van der Waals surface area contributed by atoms with Crippen molar-refractivity contribution < 1.29 is 24.2 Å². The first-order valence-electron chi connectivity index (χ1n) is 9.17. The Balaban J connectivity index is 1.93. The Hall–Kier alpha value is -1.92. The number of likely N-dealkylation sites (tertiary alicyclic amines) is 1. The molecule has 3 rings (SSSR count). The quantitative estimate of drug-likeness (QED) is 0.869. The van der Waals surface area contributed by atoms with Crippen LogP contribution in [0.4, 0.5) is 0 Å². The molecule has 2 saturated heterocycles. The van der Waals surface area contributed by atoms with Gasteiger partial charge >= 0.3 is 5.97 Å². The average molecular weight is 361 g/mol. The summed E-state index contributed by atoms with van der Waals surface area (Å²) in [6, 6.07) is 7.77. The maximum Gasteiger partial charge on any atom is 0.305 e. The molecule has 0 aromatic heterocycles. The molecule has 26 heavy (non-hydrogen) atoms. The van der Waals surface area contributed by atoms with E-state index in [0.29, 0.717) is 39.0 Å². The van der Waals surface area contributed by atoms with Crippen molar-refractivity contribution in [1.82, 2.24) is 4.90 Å². The zero-order valence-electron chi connectivity index (χ0n) is 15.4. The normalized spacial score (nSPS) is 25.2. The lowest BCUT2D eigenvalue weighted by Crippen LogP contribution is -2.52. The molecule has 1 aromatic rings. The van der Waals surface area contributed by atoms with Crippen LogP contribution >= 0.6 is 0 Å². The molecule has 2 aliphatic heterocycles. The van der Waals surface area contributed by atoms with Gasteiger partial charge in [0.2, 0.25) is 5.91 Å². The molecule has 0 aliphatic carbocycles. The topological polar surface area (TPSA) is 76.1 Å². The maximum absolute atomic E-state index is 13.7. The minimum atomic E-state index is -0.888. The summed E-state index contributed by atoms with van der Waals surface area (Å²) in [5, 5.41) is 9.26. The van der Waals surface area contributed by atoms with E-state index in [1.54, 1.807) is 12.0 Å². The fourth-order valence-electron chi connectivity index (χ4n) is 4.18. The lowest BCUT2D eigenvalue weighted by atomic mass is 9.72. The third-order valence-corrected chi connectivity index (χ3v) is 5.74. The molecule has 1 amide bonds. The molecule has 0 spiro atoms. The Morgan fingerprint density at radius 1 is 1.27 bits per heavy atom. The Bertz CT molecular complexity index is 651. The van der Waals surface area contributed by atoms with Gasteiger partial charge < -0.3 is 19.5 Å². The highest BCUT2D eigenvalue weighted by Crippen LogP contribution is 2.39. The lowest BCUT2D eigenvalue weighted by molar-refractivity contribution is -0.145. The molecule has 0 saturated carbocycles. The molecule has 2 aliphatic rings. The van der Waals surface area contributed by atoms with Gasteiger partial charge in [0.15, 0.2) is 0 Å². The highest BCUT2D eigenvalue weighted by atomic mass is 16.5. The summed E-state index contributed by atoms with van der Waals surface area (Å²) in [7, 11) is 1.61. The second kappa shape index (κ2) is 7.76. The van der Waals surface area contributed by atoms with Crippen molar-refractivity contribution >= 4 is 11.9 Å². The van der Waals surface area contributed by atoms with Crippen LogP contribution in [0.3, 0.4) is 0 Å². The van der Waals surface area contributed by atoms with Crippen molar-refractivity contribution in [2.45, 2.75) is 50.2 Å². The van der Waals surface area contributed by atoms with Crippen LogP contribution in [0.2, 0.25) is 0 Å². The third-order valence-electron chi connectivity index (χ3n) is 5.74. The molecule has 0 radical (unpaired) electrons. The SMILES string of the molecule is COC1CC(CC(=O)O)N(C(=O)C2(c3ccc(C)cc3)CCOCC2)C1. The fraction of sp³-hybridized carbons (Fsp3) is 0.600. The highest BCUT2D eigenvalue weighted by Gasteiger charge is 2.48. The van der Waals surface area contributed by atoms with Gasteiger partial charge in [-0.1, -0.05) is 29.8 Å². The van der Waals surface area contributed by atoms with E-state index in [2.05, 4.69) is 0 Å². The average Bonchev–Trinajstić information content (AvgIpc) is 3.04. The number of carbonyl (C=O) groups is 2. The molecular weight excluding hydrogens is 334 g/mol. The summed E-state index contributed by atoms with van der Waals surface area (Å²) >= 11 is 0. The van der Waals surface area contributed by atoms with E-state index < -0.39 is 11.4 Å². The number of rotatable bonds is 5. The molecule has 6 nitrogen and oxygen atoms in total. The number of nitrogens with zero attached hydrogens (tertiary/aromatic N) is 1. The first-order chi connectivity index (χ1) is 12.5. The van der Waals surface area contributed by atoms with Crippen molar-refractivity contribution in [3.8, 4) is 0 Å². The summed E-state index contributed by atoms with van der Waals surface area (Å²) in [4.78, 5) is 26.7.